The fraction of sp³-hybridized carbons (Fsp3) is 0.618. The summed E-state index contributed by atoms with van der Waals surface area (Å²) < 4.78 is 0. The Kier molecular flexibility index (Phi) is 13.2. The highest BCUT2D eigenvalue weighted by Crippen LogP contribution is 2.35. The summed E-state index contributed by atoms with van der Waals surface area (Å²) in [4.78, 5) is 21.7. The smallest absolute Gasteiger partial charge is 0.132 e. The molecule has 0 radical (unpaired) electrons. The number of hydrogen-bond acceptors (Lipinski definition) is 4. The molecule has 3 rings (SSSR count). The number of Topliss-reactive ketones (excluding diaryl/α,β-unsaturated/α-hetero) is 1. The van der Waals surface area contributed by atoms with Crippen molar-refractivity contribution in [2.24, 2.45) is 5.92 Å². The van der Waals surface area contributed by atoms with E-state index in [1.165, 1.54) is 67.3 Å². The van der Waals surface area contributed by atoms with Crippen LogP contribution in [-0.2, 0) is 17.6 Å². The zero-order valence-corrected chi connectivity index (χ0v) is 24.5. The van der Waals surface area contributed by atoms with Crippen molar-refractivity contribution in [3.63, 3.8) is 0 Å². The van der Waals surface area contributed by atoms with Gasteiger partial charge in [0.1, 0.15) is 12.1 Å². The predicted molar refractivity (Wildman–Crippen MR) is 160 cm³/mol. The molecule has 0 saturated heterocycles. The lowest BCUT2D eigenvalue weighted by Crippen LogP contribution is -2.18. The molecular formula is C34H51N3O. The van der Waals surface area contributed by atoms with Crippen LogP contribution in [0.2, 0.25) is 0 Å². The number of benzene rings is 1. The second-order valence-electron chi connectivity index (χ2n) is 11.4. The molecule has 4 nitrogen and oxygen atoms in total. The molecule has 1 aromatic heterocycles. The van der Waals surface area contributed by atoms with Gasteiger partial charge in [-0.05, 0) is 82.9 Å². The number of unbranched alkanes of at least 4 members (excludes halogenated alkanes) is 1. The first-order valence-corrected chi connectivity index (χ1v) is 15.3. The van der Waals surface area contributed by atoms with Crippen molar-refractivity contribution in [1.29, 1.82) is 0 Å². The van der Waals surface area contributed by atoms with E-state index in [1.54, 1.807) is 6.33 Å². The lowest BCUT2D eigenvalue weighted by atomic mass is 9.81. The Hall–Kier alpha value is -2.33. The number of nitrogens with zero attached hydrogens (tertiary/aromatic N) is 2. The summed E-state index contributed by atoms with van der Waals surface area (Å²) in [6.07, 6.45) is 21.8. The van der Waals surface area contributed by atoms with Gasteiger partial charge in [-0.2, -0.15) is 0 Å². The van der Waals surface area contributed by atoms with E-state index in [-0.39, 0.29) is 0 Å². The first kappa shape index (κ1) is 30.2. The average molecular weight is 518 g/mol. The Morgan fingerprint density at radius 2 is 1.79 bits per heavy atom. The Bertz CT molecular complexity index is 1000. The maximum absolute atomic E-state index is 12.5. The number of carbonyl (C=O) groups excluding carboxylic acids is 1. The van der Waals surface area contributed by atoms with Crippen molar-refractivity contribution in [3.8, 4) is 0 Å². The quantitative estimate of drug-likeness (QED) is 0.257. The topological polar surface area (TPSA) is 54.9 Å². The molecule has 1 fully saturated rings. The first-order chi connectivity index (χ1) is 18.5. The molecule has 1 N–H and O–H groups in total. The standard InChI is InChI=1S/C34H51N3O/c1-5-28-13-8-17-30(24-28)12-6-7-20-32(38)21-11-16-29-14-9-18-31(19-10-15-29)34-33(23-22-26(2)35-4)27(3)36-25-37-34/h8,13,17,22-26,29,31,35H,5-7,9-12,14-16,18-21H2,1-4H3. The average Bonchev–Trinajstić information content (AvgIpc) is 2.91. The molecule has 0 spiro atoms. The first-order valence-electron chi connectivity index (χ1n) is 15.3. The van der Waals surface area contributed by atoms with Crippen molar-refractivity contribution < 1.29 is 4.79 Å². The van der Waals surface area contributed by atoms with Crippen LogP contribution in [0.25, 0.3) is 6.08 Å². The highest BCUT2D eigenvalue weighted by atomic mass is 16.1. The fourth-order valence-corrected chi connectivity index (χ4v) is 5.90. The van der Waals surface area contributed by atoms with E-state index in [4.69, 9.17) is 4.98 Å². The molecule has 1 unspecified atom stereocenters. The maximum atomic E-state index is 12.5. The summed E-state index contributed by atoms with van der Waals surface area (Å²) >= 11 is 0. The molecule has 1 saturated carbocycles. The number of likely N-dealkylation sites (N-methyl/N-ethyl adjacent to an activating group) is 1. The minimum absolute atomic E-state index is 0.329. The molecular weight excluding hydrogens is 466 g/mol. The summed E-state index contributed by atoms with van der Waals surface area (Å²) in [5.74, 6) is 1.76. The highest BCUT2D eigenvalue weighted by molar-refractivity contribution is 5.78. The van der Waals surface area contributed by atoms with Gasteiger partial charge in [0.05, 0.1) is 5.69 Å². The van der Waals surface area contributed by atoms with E-state index in [0.717, 1.165) is 56.6 Å². The van der Waals surface area contributed by atoms with Crippen LogP contribution >= 0.6 is 0 Å². The van der Waals surface area contributed by atoms with E-state index in [2.05, 4.69) is 67.5 Å². The summed E-state index contributed by atoms with van der Waals surface area (Å²) in [6, 6.07) is 9.22. The molecule has 38 heavy (non-hydrogen) atoms. The Labute approximate surface area is 232 Å². The van der Waals surface area contributed by atoms with Crippen LogP contribution in [0.5, 0.6) is 0 Å². The van der Waals surface area contributed by atoms with Crippen LogP contribution < -0.4 is 5.32 Å². The molecule has 4 heteroatoms. The van der Waals surface area contributed by atoms with Crippen LogP contribution in [0.15, 0.2) is 36.7 Å². The van der Waals surface area contributed by atoms with Crippen molar-refractivity contribution in [2.45, 2.75) is 123 Å². The molecule has 0 bridgehead atoms. The normalized spacial score (nSPS) is 19.3. The third-order valence-electron chi connectivity index (χ3n) is 8.48. The van der Waals surface area contributed by atoms with E-state index < -0.39 is 0 Å². The summed E-state index contributed by atoms with van der Waals surface area (Å²) in [5, 5.41) is 3.27. The van der Waals surface area contributed by atoms with Crippen LogP contribution in [0.4, 0.5) is 0 Å². The third-order valence-corrected chi connectivity index (χ3v) is 8.48. The number of hydrogen-bond donors (Lipinski definition) is 1. The minimum Gasteiger partial charge on any atom is -0.314 e. The second kappa shape index (κ2) is 16.6. The van der Waals surface area contributed by atoms with Gasteiger partial charge < -0.3 is 5.32 Å². The van der Waals surface area contributed by atoms with Gasteiger partial charge in [0.15, 0.2) is 0 Å². The summed E-state index contributed by atoms with van der Waals surface area (Å²) in [7, 11) is 1.99. The number of rotatable bonds is 14. The SMILES string of the molecule is CCc1cccc(CCCCC(=O)CCCC2CCCC(c3ncnc(C)c3C=CC(C)NC)CCC2)c1. The van der Waals surface area contributed by atoms with Crippen LogP contribution in [0.3, 0.4) is 0 Å². The van der Waals surface area contributed by atoms with Gasteiger partial charge in [-0.1, -0.05) is 75.4 Å². The minimum atomic E-state index is 0.329. The van der Waals surface area contributed by atoms with E-state index in [1.807, 2.05) is 7.05 Å². The molecule has 1 aliphatic carbocycles. The zero-order chi connectivity index (χ0) is 27.2. The van der Waals surface area contributed by atoms with Crippen molar-refractivity contribution >= 4 is 11.9 Å². The number of ketones is 1. The van der Waals surface area contributed by atoms with Crippen molar-refractivity contribution in [1.82, 2.24) is 15.3 Å². The molecule has 208 valence electrons. The lowest BCUT2D eigenvalue weighted by Gasteiger charge is -2.25. The Morgan fingerprint density at radius 1 is 1.05 bits per heavy atom. The number of carbonyl (C=O) groups is 1. The van der Waals surface area contributed by atoms with Gasteiger partial charge in [-0.3, -0.25) is 4.79 Å². The summed E-state index contributed by atoms with van der Waals surface area (Å²) in [6.45, 7) is 6.46. The van der Waals surface area contributed by atoms with Gasteiger partial charge >= 0.3 is 0 Å². The molecule has 1 heterocycles. The molecule has 0 amide bonds. The van der Waals surface area contributed by atoms with Crippen molar-refractivity contribution in [3.05, 3.63) is 64.7 Å². The van der Waals surface area contributed by atoms with Gasteiger partial charge in [0, 0.05) is 36.1 Å². The van der Waals surface area contributed by atoms with Gasteiger partial charge in [0.2, 0.25) is 0 Å². The van der Waals surface area contributed by atoms with Gasteiger partial charge in [-0.15, -0.1) is 0 Å². The van der Waals surface area contributed by atoms with E-state index in [9.17, 15) is 4.79 Å². The fourth-order valence-electron chi connectivity index (χ4n) is 5.90. The largest absolute Gasteiger partial charge is 0.314 e. The van der Waals surface area contributed by atoms with Crippen LogP contribution in [0, 0.1) is 12.8 Å². The number of aryl methyl sites for hydroxylation is 3. The zero-order valence-electron chi connectivity index (χ0n) is 24.5. The van der Waals surface area contributed by atoms with Crippen LogP contribution in [0.1, 0.15) is 125 Å². The summed E-state index contributed by atoms with van der Waals surface area (Å²) in [5.41, 5.74) is 6.34. The van der Waals surface area contributed by atoms with Gasteiger partial charge in [-0.25, -0.2) is 9.97 Å². The lowest BCUT2D eigenvalue weighted by molar-refractivity contribution is -0.119. The third kappa shape index (κ3) is 10.1. The molecule has 1 atom stereocenters. The van der Waals surface area contributed by atoms with E-state index in [0.29, 0.717) is 17.7 Å². The second-order valence-corrected chi connectivity index (χ2v) is 11.4. The molecule has 1 aromatic carbocycles. The van der Waals surface area contributed by atoms with Gasteiger partial charge in [0.25, 0.3) is 0 Å². The number of nitrogens with one attached hydrogen (secondary N) is 1. The van der Waals surface area contributed by atoms with Crippen LogP contribution in [-0.4, -0.2) is 28.8 Å². The predicted octanol–water partition coefficient (Wildman–Crippen LogP) is 8.17. The molecule has 2 aromatic rings. The molecule has 0 aliphatic heterocycles. The Morgan fingerprint density at radius 3 is 2.53 bits per heavy atom. The van der Waals surface area contributed by atoms with E-state index >= 15 is 0 Å². The number of aromatic nitrogens is 2. The maximum Gasteiger partial charge on any atom is 0.132 e. The van der Waals surface area contributed by atoms with Crippen molar-refractivity contribution in [2.75, 3.05) is 7.05 Å². The molecule has 1 aliphatic rings. The Balaban J connectivity index is 1.36. The highest BCUT2D eigenvalue weighted by Gasteiger charge is 2.22. The monoisotopic (exact) mass is 517 g/mol.